The molecule has 31 heavy (non-hydrogen) atoms. The van der Waals surface area contributed by atoms with Gasteiger partial charge in [-0.15, -0.1) is 5.10 Å². The van der Waals surface area contributed by atoms with Crippen molar-refractivity contribution in [2.24, 2.45) is 0 Å². The highest BCUT2D eigenvalue weighted by Gasteiger charge is 2.37. The van der Waals surface area contributed by atoms with Gasteiger partial charge in [-0.05, 0) is 37.3 Å². The van der Waals surface area contributed by atoms with Gasteiger partial charge in [-0.2, -0.15) is 26.3 Å². The summed E-state index contributed by atoms with van der Waals surface area (Å²) in [5.41, 5.74) is -3.28. The Morgan fingerprint density at radius 1 is 1.00 bits per heavy atom. The van der Waals surface area contributed by atoms with Crippen LogP contribution in [0.5, 0.6) is 0 Å². The second kappa shape index (κ2) is 8.20. The minimum atomic E-state index is -4.99. The normalized spacial score (nSPS) is 12.7. The third-order valence-corrected chi connectivity index (χ3v) is 3.94. The molecule has 0 saturated carbocycles. The van der Waals surface area contributed by atoms with Gasteiger partial charge < -0.3 is 5.32 Å². The summed E-state index contributed by atoms with van der Waals surface area (Å²) in [6.45, 7) is 1.44. The summed E-state index contributed by atoms with van der Waals surface area (Å²) in [6.07, 6.45) is -6.23. The standard InChI is InChI=1S/C19H13F6N5O/c1-11(17(31)28-15-4-2-3-5-26-15)9-30-10-27-16(29-30)12-6-13(18(20,21)22)8-14(7-12)19(23,24)25/h2-10H,1H3,(H,26,28,31)/b11-9+. The van der Waals surface area contributed by atoms with E-state index >= 15 is 0 Å². The van der Waals surface area contributed by atoms with E-state index < -0.39 is 35.0 Å². The van der Waals surface area contributed by atoms with E-state index in [1.165, 1.54) is 19.3 Å². The molecule has 0 spiro atoms. The molecule has 0 fully saturated rings. The van der Waals surface area contributed by atoms with Crippen LogP contribution in [0.25, 0.3) is 17.6 Å². The number of aromatic nitrogens is 4. The Labute approximate surface area is 171 Å². The minimum absolute atomic E-state index is 0.0203. The predicted octanol–water partition coefficient (Wildman–Crippen LogP) is 4.88. The fourth-order valence-electron chi connectivity index (χ4n) is 2.46. The number of anilines is 1. The number of halogens is 6. The number of benzene rings is 1. The number of hydrogen-bond acceptors (Lipinski definition) is 4. The molecule has 162 valence electrons. The van der Waals surface area contributed by atoms with E-state index in [2.05, 4.69) is 20.4 Å². The van der Waals surface area contributed by atoms with Crippen LogP contribution in [0.15, 0.2) is 54.5 Å². The molecule has 2 aromatic heterocycles. The summed E-state index contributed by atoms with van der Waals surface area (Å²) in [4.78, 5) is 19.9. The highest BCUT2D eigenvalue weighted by molar-refractivity contribution is 6.04. The van der Waals surface area contributed by atoms with Crippen molar-refractivity contribution in [1.82, 2.24) is 19.7 Å². The lowest BCUT2D eigenvalue weighted by atomic mass is 10.0. The van der Waals surface area contributed by atoms with Crippen molar-refractivity contribution in [3.05, 3.63) is 65.6 Å². The summed E-state index contributed by atoms with van der Waals surface area (Å²) < 4.78 is 79.2. The Hall–Kier alpha value is -3.70. The van der Waals surface area contributed by atoms with Gasteiger partial charge in [-0.3, -0.25) is 4.79 Å². The third kappa shape index (κ3) is 5.47. The van der Waals surface area contributed by atoms with Crippen molar-refractivity contribution < 1.29 is 31.1 Å². The van der Waals surface area contributed by atoms with Crippen LogP contribution in [0.4, 0.5) is 32.2 Å². The molecule has 12 heteroatoms. The van der Waals surface area contributed by atoms with E-state index in [9.17, 15) is 31.1 Å². The van der Waals surface area contributed by atoms with Crippen molar-refractivity contribution in [2.75, 3.05) is 5.32 Å². The number of nitrogens with zero attached hydrogens (tertiary/aromatic N) is 4. The summed E-state index contributed by atoms with van der Waals surface area (Å²) >= 11 is 0. The highest BCUT2D eigenvalue weighted by Crippen LogP contribution is 2.38. The summed E-state index contributed by atoms with van der Waals surface area (Å²) in [6, 6.07) is 5.96. The lowest BCUT2D eigenvalue weighted by molar-refractivity contribution is -0.143. The molecule has 0 unspecified atom stereocenters. The number of rotatable bonds is 4. The van der Waals surface area contributed by atoms with Crippen molar-refractivity contribution in [3.63, 3.8) is 0 Å². The molecule has 6 nitrogen and oxygen atoms in total. The first kappa shape index (κ1) is 22.0. The van der Waals surface area contributed by atoms with Gasteiger partial charge in [0.05, 0.1) is 11.1 Å². The van der Waals surface area contributed by atoms with E-state index in [1.807, 2.05) is 0 Å². The topological polar surface area (TPSA) is 72.7 Å². The number of pyridine rings is 1. The second-order valence-electron chi connectivity index (χ2n) is 6.32. The molecule has 0 bridgehead atoms. The molecule has 0 aliphatic rings. The molecular formula is C19H13F6N5O. The molecule has 0 aliphatic carbocycles. The van der Waals surface area contributed by atoms with Crippen LogP contribution in [0.3, 0.4) is 0 Å². The zero-order valence-electron chi connectivity index (χ0n) is 15.7. The number of carbonyl (C=O) groups is 1. The van der Waals surface area contributed by atoms with Gasteiger partial charge in [-0.25, -0.2) is 14.6 Å². The fraction of sp³-hybridized carbons (Fsp3) is 0.158. The zero-order valence-corrected chi connectivity index (χ0v) is 15.7. The minimum Gasteiger partial charge on any atom is -0.307 e. The van der Waals surface area contributed by atoms with Crippen LogP contribution in [0.1, 0.15) is 18.1 Å². The van der Waals surface area contributed by atoms with Crippen LogP contribution in [-0.4, -0.2) is 25.7 Å². The van der Waals surface area contributed by atoms with Gasteiger partial charge in [0.25, 0.3) is 5.91 Å². The van der Waals surface area contributed by atoms with Gasteiger partial charge >= 0.3 is 12.4 Å². The Bertz CT molecular complexity index is 1090. The van der Waals surface area contributed by atoms with Gasteiger partial charge in [0.1, 0.15) is 12.1 Å². The second-order valence-corrected chi connectivity index (χ2v) is 6.32. The number of carbonyl (C=O) groups excluding carboxylic acids is 1. The van der Waals surface area contributed by atoms with Gasteiger partial charge in [0.2, 0.25) is 0 Å². The highest BCUT2D eigenvalue weighted by atomic mass is 19.4. The van der Waals surface area contributed by atoms with Crippen molar-refractivity contribution >= 4 is 17.9 Å². The van der Waals surface area contributed by atoms with Crippen molar-refractivity contribution in [1.29, 1.82) is 0 Å². The average molecular weight is 441 g/mol. The van der Waals surface area contributed by atoms with Crippen LogP contribution >= 0.6 is 0 Å². The molecule has 3 rings (SSSR count). The summed E-state index contributed by atoms with van der Waals surface area (Å²) in [5.74, 6) is -0.608. The van der Waals surface area contributed by atoms with Crippen LogP contribution in [-0.2, 0) is 17.1 Å². The molecule has 2 heterocycles. The molecule has 1 N–H and O–H groups in total. The molecule has 0 aliphatic heterocycles. The molecule has 0 saturated heterocycles. The first-order valence-electron chi connectivity index (χ1n) is 8.55. The Balaban J connectivity index is 1.89. The van der Waals surface area contributed by atoms with Crippen molar-refractivity contribution in [2.45, 2.75) is 19.3 Å². The first-order valence-corrected chi connectivity index (χ1v) is 8.55. The molecule has 1 aromatic carbocycles. The maximum atomic E-state index is 13.0. The lowest BCUT2D eigenvalue weighted by Gasteiger charge is -2.13. The van der Waals surface area contributed by atoms with Crippen LogP contribution in [0.2, 0.25) is 0 Å². The molecule has 0 radical (unpaired) electrons. The maximum Gasteiger partial charge on any atom is 0.416 e. The van der Waals surface area contributed by atoms with Gasteiger partial charge in [0, 0.05) is 23.5 Å². The number of hydrogen-bond donors (Lipinski definition) is 1. The predicted molar refractivity (Wildman–Crippen MR) is 98.3 cm³/mol. The van der Waals surface area contributed by atoms with Crippen molar-refractivity contribution in [3.8, 4) is 11.4 Å². The largest absolute Gasteiger partial charge is 0.416 e. The molecule has 1 amide bonds. The number of nitrogens with one attached hydrogen (secondary N) is 1. The van der Waals surface area contributed by atoms with E-state index in [0.717, 1.165) is 11.0 Å². The van der Waals surface area contributed by atoms with E-state index in [1.54, 1.807) is 18.2 Å². The fourth-order valence-corrected chi connectivity index (χ4v) is 2.46. The Kier molecular flexibility index (Phi) is 5.82. The van der Waals surface area contributed by atoms with Crippen LogP contribution in [0, 0.1) is 0 Å². The Morgan fingerprint density at radius 3 is 2.19 bits per heavy atom. The first-order chi connectivity index (χ1) is 14.4. The maximum absolute atomic E-state index is 13.0. The number of amides is 1. The van der Waals surface area contributed by atoms with Gasteiger partial charge in [-0.1, -0.05) is 6.07 Å². The van der Waals surface area contributed by atoms with E-state index in [0.29, 0.717) is 18.0 Å². The van der Waals surface area contributed by atoms with Gasteiger partial charge in [0.15, 0.2) is 5.82 Å². The Morgan fingerprint density at radius 2 is 1.65 bits per heavy atom. The average Bonchev–Trinajstić information content (AvgIpc) is 3.15. The van der Waals surface area contributed by atoms with E-state index in [-0.39, 0.29) is 17.5 Å². The lowest BCUT2D eigenvalue weighted by Crippen LogP contribution is -2.14. The number of alkyl halides is 6. The van der Waals surface area contributed by atoms with E-state index in [4.69, 9.17) is 0 Å². The summed E-state index contributed by atoms with van der Waals surface area (Å²) in [7, 11) is 0. The smallest absolute Gasteiger partial charge is 0.307 e. The molecule has 0 atom stereocenters. The monoisotopic (exact) mass is 441 g/mol. The molecule has 3 aromatic rings. The quantitative estimate of drug-likeness (QED) is 0.463. The summed E-state index contributed by atoms with van der Waals surface area (Å²) in [5, 5.41) is 6.37. The zero-order chi connectivity index (χ0) is 22.8. The molecular weight excluding hydrogens is 428 g/mol. The van der Waals surface area contributed by atoms with Crippen LogP contribution < -0.4 is 5.32 Å². The SMILES string of the molecule is C/C(=C\n1cnc(-c2cc(C(F)(F)F)cc(C(F)(F)F)c2)n1)C(=O)Nc1ccccn1. The third-order valence-electron chi connectivity index (χ3n) is 3.94.